The van der Waals surface area contributed by atoms with Crippen LogP contribution in [0.5, 0.6) is 0 Å². The zero-order valence-corrected chi connectivity index (χ0v) is 12.2. The molecular weight excluding hydrogens is 258 g/mol. The van der Waals surface area contributed by atoms with E-state index < -0.39 is 0 Å². The number of benzene rings is 1. The van der Waals surface area contributed by atoms with Crippen LogP contribution < -0.4 is 5.32 Å². The molecule has 102 valence electrons. The zero-order valence-electron chi connectivity index (χ0n) is 11.5. The van der Waals surface area contributed by atoms with E-state index in [0.717, 1.165) is 42.3 Å². The molecule has 3 nitrogen and oxygen atoms in total. The maximum atomic E-state index is 6.40. The molecule has 0 fully saturated rings. The molecule has 2 aromatic rings. The van der Waals surface area contributed by atoms with Crippen molar-refractivity contribution >= 4 is 11.6 Å². The normalized spacial score (nSPS) is 10.9. The number of aromatic nitrogens is 2. The third kappa shape index (κ3) is 3.37. The van der Waals surface area contributed by atoms with Crippen molar-refractivity contribution in [2.24, 2.45) is 0 Å². The summed E-state index contributed by atoms with van der Waals surface area (Å²) >= 11 is 6.40. The number of hydrogen-bond acceptors (Lipinski definition) is 2. The molecule has 0 amide bonds. The molecule has 1 aromatic carbocycles. The summed E-state index contributed by atoms with van der Waals surface area (Å²) in [4.78, 5) is 0. The molecule has 1 heterocycles. The van der Waals surface area contributed by atoms with Crippen LogP contribution in [0.15, 0.2) is 30.5 Å². The van der Waals surface area contributed by atoms with Gasteiger partial charge in [0.15, 0.2) is 0 Å². The smallest absolute Gasteiger partial charge is 0.0697 e. The van der Waals surface area contributed by atoms with Crippen molar-refractivity contribution < 1.29 is 0 Å². The SMILES string of the molecule is CCCn1nccc1-c1ccc(CNCC)cc1Cl. The first-order chi connectivity index (χ1) is 9.26. The van der Waals surface area contributed by atoms with Crippen molar-refractivity contribution in [2.45, 2.75) is 33.4 Å². The molecule has 0 unspecified atom stereocenters. The summed E-state index contributed by atoms with van der Waals surface area (Å²) in [7, 11) is 0. The third-order valence-corrected chi connectivity index (χ3v) is 3.35. The van der Waals surface area contributed by atoms with Crippen molar-refractivity contribution in [3.63, 3.8) is 0 Å². The van der Waals surface area contributed by atoms with Gasteiger partial charge in [-0.05, 0) is 30.7 Å². The molecule has 0 bridgehead atoms. The van der Waals surface area contributed by atoms with Crippen LogP contribution in [0.25, 0.3) is 11.3 Å². The molecule has 0 aliphatic heterocycles. The average Bonchev–Trinajstić information content (AvgIpc) is 2.85. The number of nitrogens with zero attached hydrogens (tertiary/aromatic N) is 2. The maximum absolute atomic E-state index is 6.40. The Morgan fingerprint density at radius 2 is 2.11 bits per heavy atom. The summed E-state index contributed by atoms with van der Waals surface area (Å²) in [5.41, 5.74) is 3.34. The van der Waals surface area contributed by atoms with Gasteiger partial charge < -0.3 is 5.32 Å². The third-order valence-electron chi connectivity index (χ3n) is 3.04. The Balaban J connectivity index is 2.27. The summed E-state index contributed by atoms with van der Waals surface area (Å²) in [5, 5.41) is 8.43. The van der Waals surface area contributed by atoms with Crippen LogP contribution in [0.1, 0.15) is 25.8 Å². The van der Waals surface area contributed by atoms with Crippen molar-refractivity contribution in [1.82, 2.24) is 15.1 Å². The highest BCUT2D eigenvalue weighted by atomic mass is 35.5. The molecule has 0 radical (unpaired) electrons. The van der Waals surface area contributed by atoms with Crippen molar-refractivity contribution in [3.8, 4) is 11.3 Å². The van der Waals surface area contributed by atoms with Gasteiger partial charge in [-0.25, -0.2) is 0 Å². The molecule has 1 aromatic heterocycles. The van der Waals surface area contributed by atoms with Crippen LogP contribution in [0.2, 0.25) is 5.02 Å². The largest absolute Gasteiger partial charge is 0.313 e. The molecule has 0 aliphatic rings. The zero-order chi connectivity index (χ0) is 13.7. The highest BCUT2D eigenvalue weighted by Crippen LogP contribution is 2.28. The second kappa shape index (κ2) is 6.73. The van der Waals surface area contributed by atoms with E-state index in [4.69, 9.17) is 11.6 Å². The number of halogens is 1. The summed E-state index contributed by atoms with van der Waals surface area (Å²) in [6.45, 7) is 6.97. The quantitative estimate of drug-likeness (QED) is 0.872. The molecule has 19 heavy (non-hydrogen) atoms. The van der Waals surface area contributed by atoms with Crippen LogP contribution >= 0.6 is 11.6 Å². The Morgan fingerprint density at radius 1 is 1.26 bits per heavy atom. The van der Waals surface area contributed by atoms with Crippen LogP contribution in [0, 0.1) is 0 Å². The minimum absolute atomic E-state index is 0.785. The average molecular weight is 278 g/mol. The van der Waals surface area contributed by atoms with Gasteiger partial charge in [0.2, 0.25) is 0 Å². The predicted molar refractivity (Wildman–Crippen MR) is 80.3 cm³/mol. The first-order valence-corrected chi connectivity index (χ1v) is 7.15. The fourth-order valence-electron chi connectivity index (χ4n) is 2.10. The standard InChI is InChI=1S/C15H20ClN3/c1-3-9-19-15(7-8-18-19)13-6-5-12(10-14(13)16)11-17-4-2/h5-8,10,17H,3-4,9,11H2,1-2H3. The molecule has 2 rings (SSSR count). The van der Waals surface area contributed by atoms with Crippen molar-refractivity contribution in [2.75, 3.05) is 6.54 Å². The minimum Gasteiger partial charge on any atom is -0.313 e. The summed E-state index contributed by atoms with van der Waals surface area (Å²) in [6.07, 6.45) is 2.89. The van der Waals surface area contributed by atoms with Gasteiger partial charge in [-0.2, -0.15) is 5.10 Å². The topological polar surface area (TPSA) is 29.9 Å². The number of nitrogens with one attached hydrogen (secondary N) is 1. The predicted octanol–water partition coefficient (Wildman–Crippen LogP) is 3.72. The number of rotatable bonds is 6. The second-order valence-electron chi connectivity index (χ2n) is 4.53. The molecule has 0 spiro atoms. The molecule has 4 heteroatoms. The molecule has 0 saturated heterocycles. The molecule has 0 aliphatic carbocycles. The summed E-state index contributed by atoms with van der Waals surface area (Å²) in [6, 6.07) is 8.25. The van der Waals surface area contributed by atoms with Crippen LogP contribution in [-0.4, -0.2) is 16.3 Å². The van der Waals surface area contributed by atoms with E-state index >= 15 is 0 Å². The van der Waals surface area contributed by atoms with Crippen molar-refractivity contribution in [1.29, 1.82) is 0 Å². The second-order valence-corrected chi connectivity index (χ2v) is 4.94. The minimum atomic E-state index is 0.785. The first-order valence-electron chi connectivity index (χ1n) is 6.77. The van der Waals surface area contributed by atoms with Crippen molar-refractivity contribution in [3.05, 3.63) is 41.0 Å². The van der Waals surface area contributed by atoms with E-state index in [2.05, 4.69) is 36.4 Å². The lowest BCUT2D eigenvalue weighted by atomic mass is 10.1. The lowest BCUT2D eigenvalue weighted by molar-refractivity contribution is 0.609. The number of hydrogen-bond donors (Lipinski definition) is 1. The number of aryl methyl sites for hydroxylation is 1. The van der Waals surface area contributed by atoms with Crippen LogP contribution in [0.3, 0.4) is 0 Å². The Hall–Kier alpha value is -1.32. The van der Waals surface area contributed by atoms with Gasteiger partial charge in [-0.3, -0.25) is 4.68 Å². The Morgan fingerprint density at radius 3 is 2.79 bits per heavy atom. The Labute approximate surface area is 119 Å². The van der Waals surface area contributed by atoms with E-state index in [1.807, 2.05) is 23.0 Å². The monoisotopic (exact) mass is 277 g/mol. The fourth-order valence-corrected chi connectivity index (χ4v) is 2.40. The van der Waals surface area contributed by atoms with E-state index in [-0.39, 0.29) is 0 Å². The summed E-state index contributed by atoms with van der Waals surface area (Å²) in [5.74, 6) is 0. The Bertz CT molecular complexity index is 534. The van der Waals surface area contributed by atoms with Crippen LogP contribution in [0.4, 0.5) is 0 Å². The van der Waals surface area contributed by atoms with Gasteiger partial charge in [0, 0.05) is 24.8 Å². The van der Waals surface area contributed by atoms with Gasteiger partial charge in [0.25, 0.3) is 0 Å². The fraction of sp³-hybridized carbons (Fsp3) is 0.400. The van der Waals surface area contributed by atoms with E-state index in [1.54, 1.807) is 0 Å². The van der Waals surface area contributed by atoms with Gasteiger partial charge in [0.1, 0.15) is 0 Å². The van der Waals surface area contributed by atoms with Gasteiger partial charge in [0.05, 0.1) is 10.7 Å². The molecule has 0 atom stereocenters. The van der Waals surface area contributed by atoms with Gasteiger partial charge in [-0.15, -0.1) is 0 Å². The van der Waals surface area contributed by atoms with Gasteiger partial charge >= 0.3 is 0 Å². The molecule has 0 saturated carbocycles. The van der Waals surface area contributed by atoms with E-state index in [0.29, 0.717) is 0 Å². The first kappa shape index (κ1) is 14.1. The highest BCUT2D eigenvalue weighted by molar-refractivity contribution is 6.33. The van der Waals surface area contributed by atoms with E-state index in [9.17, 15) is 0 Å². The lowest BCUT2D eigenvalue weighted by Gasteiger charge is -2.10. The Kier molecular flexibility index (Phi) is 5.00. The van der Waals surface area contributed by atoms with Gasteiger partial charge in [-0.1, -0.05) is 37.6 Å². The van der Waals surface area contributed by atoms with Crippen LogP contribution in [-0.2, 0) is 13.1 Å². The lowest BCUT2D eigenvalue weighted by Crippen LogP contribution is -2.11. The summed E-state index contributed by atoms with van der Waals surface area (Å²) < 4.78 is 2.01. The highest BCUT2D eigenvalue weighted by Gasteiger charge is 2.09. The molecular formula is C15H20ClN3. The van der Waals surface area contributed by atoms with E-state index in [1.165, 1.54) is 5.56 Å². The molecule has 1 N–H and O–H groups in total. The maximum Gasteiger partial charge on any atom is 0.0697 e.